The molecular formula is C12H12O. The monoisotopic (exact) mass is 172 g/mol. The Labute approximate surface area is 77.7 Å². The van der Waals surface area contributed by atoms with Gasteiger partial charge in [0.2, 0.25) is 0 Å². The molecule has 1 aromatic carbocycles. The first-order valence-electron chi connectivity index (χ1n) is 4.77. The zero-order valence-corrected chi connectivity index (χ0v) is 7.40. The van der Waals surface area contributed by atoms with Gasteiger partial charge in [0.25, 0.3) is 0 Å². The minimum atomic E-state index is -0.0872. The van der Waals surface area contributed by atoms with Crippen molar-refractivity contribution in [2.45, 2.75) is 24.4 Å². The van der Waals surface area contributed by atoms with E-state index in [9.17, 15) is 5.11 Å². The van der Waals surface area contributed by atoms with Crippen molar-refractivity contribution in [3.8, 4) is 0 Å². The van der Waals surface area contributed by atoms with Crippen molar-refractivity contribution in [1.82, 2.24) is 0 Å². The summed E-state index contributed by atoms with van der Waals surface area (Å²) in [5.74, 6) is 0. The number of fused-ring (bicyclic) bond motifs is 2. The van der Waals surface area contributed by atoms with Crippen molar-refractivity contribution in [3.05, 3.63) is 41.5 Å². The van der Waals surface area contributed by atoms with Crippen LogP contribution in [-0.4, -0.2) is 11.2 Å². The van der Waals surface area contributed by atoms with E-state index in [1.165, 1.54) is 11.1 Å². The lowest BCUT2D eigenvalue weighted by molar-refractivity contribution is 0.0427. The van der Waals surface area contributed by atoms with E-state index in [-0.39, 0.29) is 11.5 Å². The van der Waals surface area contributed by atoms with Crippen LogP contribution in [0.15, 0.2) is 30.3 Å². The third-order valence-electron chi connectivity index (χ3n) is 3.28. The minimum Gasteiger partial charge on any atom is -0.393 e. The topological polar surface area (TPSA) is 20.2 Å². The molecule has 0 aromatic heterocycles. The first-order chi connectivity index (χ1) is 6.30. The maximum atomic E-state index is 9.37. The second-order valence-electron chi connectivity index (χ2n) is 4.14. The molecule has 3 rings (SSSR count). The molecule has 0 heterocycles. The molecule has 0 amide bonds. The lowest BCUT2D eigenvalue weighted by atomic mass is 9.64. The summed E-state index contributed by atoms with van der Waals surface area (Å²) in [4.78, 5) is 0. The van der Waals surface area contributed by atoms with Crippen LogP contribution < -0.4 is 0 Å². The SMILES string of the molecule is OC1CC2(C=Cc3ccccc32)C1. The van der Waals surface area contributed by atoms with E-state index in [0.717, 1.165) is 12.8 Å². The van der Waals surface area contributed by atoms with E-state index < -0.39 is 0 Å². The third kappa shape index (κ3) is 0.853. The molecule has 1 saturated carbocycles. The van der Waals surface area contributed by atoms with Gasteiger partial charge in [0.05, 0.1) is 6.10 Å². The van der Waals surface area contributed by atoms with Crippen LogP contribution in [0.2, 0.25) is 0 Å². The smallest absolute Gasteiger partial charge is 0.0563 e. The summed E-state index contributed by atoms with van der Waals surface area (Å²) >= 11 is 0. The summed E-state index contributed by atoms with van der Waals surface area (Å²) in [5, 5.41) is 9.37. The Morgan fingerprint density at radius 2 is 2.00 bits per heavy atom. The zero-order chi connectivity index (χ0) is 8.89. The standard InChI is InChI=1S/C12H12O/c13-10-7-12(8-10)6-5-9-3-1-2-4-11(9)12/h1-6,10,13H,7-8H2. The molecule has 1 spiro atoms. The summed E-state index contributed by atoms with van der Waals surface area (Å²) in [5.41, 5.74) is 2.92. The summed E-state index contributed by atoms with van der Waals surface area (Å²) in [6.07, 6.45) is 6.16. The summed E-state index contributed by atoms with van der Waals surface area (Å²) in [6.45, 7) is 0. The predicted molar refractivity (Wildman–Crippen MR) is 52.4 cm³/mol. The van der Waals surface area contributed by atoms with Crippen molar-refractivity contribution in [2.24, 2.45) is 0 Å². The molecule has 1 nitrogen and oxygen atoms in total. The minimum absolute atomic E-state index is 0.0872. The van der Waals surface area contributed by atoms with Gasteiger partial charge >= 0.3 is 0 Å². The van der Waals surface area contributed by atoms with Crippen LogP contribution in [0.3, 0.4) is 0 Å². The van der Waals surface area contributed by atoms with Crippen molar-refractivity contribution in [3.63, 3.8) is 0 Å². The molecule has 0 bridgehead atoms. The van der Waals surface area contributed by atoms with Crippen molar-refractivity contribution < 1.29 is 5.11 Å². The van der Waals surface area contributed by atoms with Crippen LogP contribution in [-0.2, 0) is 5.41 Å². The number of aliphatic hydroxyl groups is 1. The van der Waals surface area contributed by atoms with Gasteiger partial charge in [-0.05, 0) is 24.0 Å². The number of hydrogen-bond donors (Lipinski definition) is 1. The molecule has 1 aromatic rings. The summed E-state index contributed by atoms with van der Waals surface area (Å²) < 4.78 is 0. The van der Waals surface area contributed by atoms with E-state index in [2.05, 4.69) is 36.4 Å². The average molecular weight is 172 g/mol. The van der Waals surface area contributed by atoms with Crippen molar-refractivity contribution >= 4 is 6.08 Å². The zero-order valence-electron chi connectivity index (χ0n) is 7.40. The van der Waals surface area contributed by atoms with Gasteiger partial charge in [0.15, 0.2) is 0 Å². The van der Waals surface area contributed by atoms with Gasteiger partial charge in [0, 0.05) is 5.41 Å². The first kappa shape index (κ1) is 7.34. The Hall–Kier alpha value is -1.08. The van der Waals surface area contributed by atoms with E-state index in [1.54, 1.807) is 0 Å². The molecule has 0 saturated heterocycles. The fraction of sp³-hybridized carbons (Fsp3) is 0.333. The highest BCUT2D eigenvalue weighted by Crippen LogP contribution is 2.50. The number of rotatable bonds is 0. The number of aliphatic hydroxyl groups excluding tert-OH is 1. The van der Waals surface area contributed by atoms with E-state index in [4.69, 9.17) is 0 Å². The van der Waals surface area contributed by atoms with Gasteiger partial charge in [-0.25, -0.2) is 0 Å². The largest absolute Gasteiger partial charge is 0.393 e. The van der Waals surface area contributed by atoms with E-state index in [0.29, 0.717) is 0 Å². The molecular weight excluding hydrogens is 160 g/mol. The van der Waals surface area contributed by atoms with Gasteiger partial charge in [-0.2, -0.15) is 0 Å². The molecule has 1 N–H and O–H groups in total. The molecule has 1 fully saturated rings. The van der Waals surface area contributed by atoms with Crippen LogP contribution in [0.4, 0.5) is 0 Å². The molecule has 0 radical (unpaired) electrons. The highest BCUT2D eigenvalue weighted by Gasteiger charge is 2.45. The lowest BCUT2D eigenvalue weighted by Crippen LogP contribution is -2.42. The van der Waals surface area contributed by atoms with E-state index >= 15 is 0 Å². The second kappa shape index (κ2) is 2.24. The van der Waals surface area contributed by atoms with Crippen molar-refractivity contribution in [1.29, 1.82) is 0 Å². The van der Waals surface area contributed by atoms with Crippen LogP contribution in [0, 0.1) is 0 Å². The van der Waals surface area contributed by atoms with Gasteiger partial charge in [-0.1, -0.05) is 36.4 Å². The van der Waals surface area contributed by atoms with Gasteiger partial charge in [0.1, 0.15) is 0 Å². The first-order valence-corrected chi connectivity index (χ1v) is 4.77. The average Bonchev–Trinajstić information content (AvgIpc) is 2.45. The molecule has 13 heavy (non-hydrogen) atoms. The Morgan fingerprint density at radius 1 is 1.23 bits per heavy atom. The molecule has 0 atom stereocenters. The number of benzene rings is 1. The molecule has 0 unspecified atom stereocenters. The molecule has 2 aliphatic rings. The van der Waals surface area contributed by atoms with Gasteiger partial charge in [-0.15, -0.1) is 0 Å². The van der Waals surface area contributed by atoms with Gasteiger partial charge < -0.3 is 5.11 Å². The van der Waals surface area contributed by atoms with Crippen LogP contribution in [0.5, 0.6) is 0 Å². The lowest BCUT2D eigenvalue weighted by Gasteiger charge is -2.42. The number of hydrogen-bond acceptors (Lipinski definition) is 1. The summed E-state index contributed by atoms with van der Waals surface area (Å²) in [7, 11) is 0. The highest BCUT2D eigenvalue weighted by molar-refractivity contribution is 5.66. The second-order valence-corrected chi connectivity index (χ2v) is 4.14. The molecule has 2 aliphatic carbocycles. The maximum absolute atomic E-state index is 9.37. The molecule has 0 aliphatic heterocycles. The maximum Gasteiger partial charge on any atom is 0.0563 e. The van der Waals surface area contributed by atoms with Crippen LogP contribution >= 0.6 is 0 Å². The molecule has 66 valence electrons. The Morgan fingerprint density at radius 3 is 2.77 bits per heavy atom. The van der Waals surface area contributed by atoms with E-state index in [1.807, 2.05) is 0 Å². The van der Waals surface area contributed by atoms with Crippen molar-refractivity contribution in [2.75, 3.05) is 0 Å². The fourth-order valence-corrected chi connectivity index (χ4v) is 2.57. The highest BCUT2D eigenvalue weighted by atomic mass is 16.3. The predicted octanol–water partition coefficient (Wildman–Crippen LogP) is 2.11. The Balaban J connectivity index is 2.08. The van der Waals surface area contributed by atoms with Crippen LogP contribution in [0.25, 0.3) is 6.08 Å². The third-order valence-corrected chi connectivity index (χ3v) is 3.28. The Bertz CT molecular complexity index is 372. The van der Waals surface area contributed by atoms with Gasteiger partial charge in [-0.3, -0.25) is 0 Å². The Kier molecular flexibility index (Phi) is 1.26. The quantitative estimate of drug-likeness (QED) is 0.635. The summed E-state index contributed by atoms with van der Waals surface area (Å²) in [6, 6.07) is 8.47. The molecule has 1 heteroatoms. The number of allylic oxidation sites excluding steroid dienone is 1. The van der Waals surface area contributed by atoms with Crippen LogP contribution in [0.1, 0.15) is 24.0 Å². The fourth-order valence-electron chi connectivity index (χ4n) is 2.57. The normalized spacial score (nSPS) is 34.7.